The van der Waals surface area contributed by atoms with Crippen LogP contribution in [0.2, 0.25) is 0 Å². The highest BCUT2D eigenvalue weighted by molar-refractivity contribution is 6.01. The van der Waals surface area contributed by atoms with Crippen molar-refractivity contribution in [3.8, 4) is 0 Å². The number of ketones is 2. The minimum Gasteiger partial charge on any atom is -0.457 e. The molecule has 0 unspecified atom stereocenters. The van der Waals surface area contributed by atoms with Gasteiger partial charge in [0.05, 0.1) is 6.10 Å². The molecule has 5 rings (SSSR count). The van der Waals surface area contributed by atoms with Gasteiger partial charge in [0.1, 0.15) is 5.60 Å². The number of Topliss-reactive ketones (excluding diaryl/α,β-unsaturated/α-hetero) is 1. The van der Waals surface area contributed by atoms with Gasteiger partial charge in [-0.3, -0.25) is 19.2 Å². The van der Waals surface area contributed by atoms with Crippen molar-refractivity contribution >= 4 is 23.5 Å². The fourth-order valence-electron chi connectivity index (χ4n) is 8.44. The molecule has 35 heavy (non-hydrogen) atoms. The Labute approximate surface area is 206 Å². The molecule has 0 N–H and O–H groups in total. The molecule has 5 aliphatic rings. The van der Waals surface area contributed by atoms with Crippen molar-refractivity contribution in [3.05, 3.63) is 23.8 Å². The second-order valence-electron chi connectivity index (χ2n) is 11.5. The van der Waals surface area contributed by atoms with Crippen LogP contribution in [0, 0.1) is 28.6 Å². The van der Waals surface area contributed by atoms with Crippen LogP contribution < -0.4 is 0 Å². The SMILES string of the molecule is CCC(=O)OCC(=O)[C@]1(OC(=O)CC)[C@H](C)C[C@H]2[C@@H]3CCC4=CC(=O)C=C[C@]4(C)[C@@]34O[C@H]4C[C@@]21C. The number of fused-ring (bicyclic) bond motifs is 3. The minimum absolute atomic E-state index is 0.0254. The van der Waals surface area contributed by atoms with E-state index in [1.807, 2.05) is 13.0 Å². The molecule has 7 heteroatoms. The first kappa shape index (κ1) is 24.4. The highest BCUT2D eigenvalue weighted by atomic mass is 16.6. The molecule has 1 aliphatic heterocycles. The summed E-state index contributed by atoms with van der Waals surface area (Å²) in [7, 11) is 0. The van der Waals surface area contributed by atoms with Crippen LogP contribution in [0.15, 0.2) is 23.8 Å². The zero-order chi connectivity index (χ0) is 25.4. The second kappa shape index (κ2) is 7.86. The van der Waals surface area contributed by atoms with Crippen molar-refractivity contribution < 1.29 is 33.4 Å². The molecule has 4 fully saturated rings. The topological polar surface area (TPSA) is 99.3 Å². The van der Waals surface area contributed by atoms with Crippen molar-refractivity contribution in [2.45, 2.75) is 90.4 Å². The number of carbonyl (C=O) groups excluding carboxylic acids is 4. The lowest BCUT2D eigenvalue weighted by molar-refractivity contribution is -0.194. The van der Waals surface area contributed by atoms with Gasteiger partial charge in [0.25, 0.3) is 0 Å². The first-order valence-corrected chi connectivity index (χ1v) is 13.0. The Bertz CT molecular complexity index is 1060. The average Bonchev–Trinajstić information content (AvgIpc) is 3.50. The molecule has 8 atom stereocenters. The van der Waals surface area contributed by atoms with Crippen LogP contribution >= 0.6 is 0 Å². The van der Waals surface area contributed by atoms with Gasteiger partial charge in [0.15, 0.2) is 18.0 Å². The van der Waals surface area contributed by atoms with Crippen LogP contribution in [-0.4, -0.2) is 47.4 Å². The van der Waals surface area contributed by atoms with Crippen LogP contribution in [0.1, 0.15) is 73.1 Å². The Morgan fingerprint density at radius 1 is 1.11 bits per heavy atom. The van der Waals surface area contributed by atoms with Gasteiger partial charge >= 0.3 is 11.9 Å². The standard InChI is InChI=1S/C28H36O7/c1-6-23(31)33-15-21(30)27(35-24(32)7-2)16(3)12-20-19-9-8-17-13-18(29)10-11-25(17,4)28(19)22(34-28)14-26(20,27)5/h10-11,13,16,19-20,22H,6-9,12,14-15H2,1-5H3/t16-,19+,20+,22+,25+,26+,27-,28-/m1/s1. The fraction of sp³-hybridized carbons (Fsp3) is 0.714. The van der Waals surface area contributed by atoms with Gasteiger partial charge in [-0.1, -0.05) is 39.3 Å². The van der Waals surface area contributed by atoms with E-state index in [1.54, 1.807) is 26.0 Å². The predicted molar refractivity (Wildman–Crippen MR) is 126 cm³/mol. The maximum absolute atomic E-state index is 13.9. The van der Waals surface area contributed by atoms with E-state index in [1.165, 1.54) is 0 Å². The summed E-state index contributed by atoms with van der Waals surface area (Å²) in [4.78, 5) is 50.5. The van der Waals surface area contributed by atoms with Gasteiger partial charge in [0, 0.05) is 29.6 Å². The van der Waals surface area contributed by atoms with E-state index in [0.29, 0.717) is 6.42 Å². The molecular formula is C28H36O7. The molecule has 0 radical (unpaired) electrons. The first-order chi connectivity index (χ1) is 16.5. The molecule has 1 spiro atoms. The van der Waals surface area contributed by atoms with Gasteiger partial charge in [-0.25, -0.2) is 0 Å². The van der Waals surface area contributed by atoms with E-state index in [4.69, 9.17) is 14.2 Å². The molecule has 0 aromatic rings. The van der Waals surface area contributed by atoms with Crippen molar-refractivity contribution in [1.29, 1.82) is 0 Å². The number of epoxide rings is 1. The van der Waals surface area contributed by atoms with Gasteiger partial charge in [-0.15, -0.1) is 0 Å². The summed E-state index contributed by atoms with van der Waals surface area (Å²) in [6.07, 6.45) is 8.66. The fourth-order valence-corrected chi connectivity index (χ4v) is 8.44. The minimum atomic E-state index is -1.37. The normalized spacial score (nSPS) is 44.8. The number of esters is 2. The number of hydrogen-bond acceptors (Lipinski definition) is 7. The largest absolute Gasteiger partial charge is 0.457 e. The lowest BCUT2D eigenvalue weighted by Crippen LogP contribution is -2.63. The van der Waals surface area contributed by atoms with Crippen molar-refractivity contribution in [3.63, 3.8) is 0 Å². The van der Waals surface area contributed by atoms with Crippen molar-refractivity contribution in [2.75, 3.05) is 6.61 Å². The number of hydrogen-bond donors (Lipinski definition) is 0. The third-order valence-corrected chi connectivity index (χ3v) is 10.1. The Morgan fingerprint density at radius 2 is 1.83 bits per heavy atom. The summed E-state index contributed by atoms with van der Waals surface area (Å²) in [5, 5.41) is 0. The highest BCUT2D eigenvalue weighted by Gasteiger charge is 2.83. The third-order valence-electron chi connectivity index (χ3n) is 10.1. The molecule has 0 aromatic carbocycles. The molecule has 190 valence electrons. The van der Waals surface area contributed by atoms with E-state index in [0.717, 1.165) is 24.8 Å². The Balaban J connectivity index is 1.55. The molecule has 0 aromatic heterocycles. The summed E-state index contributed by atoms with van der Waals surface area (Å²) in [6.45, 7) is 9.24. The van der Waals surface area contributed by atoms with Crippen LogP contribution in [-0.2, 0) is 33.4 Å². The quantitative estimate of drug-likeness (QED) is 0.417. The molecule has 1 saturated heterocycles. The average molecular weight is 485 g/mol. The maximum atomic E-state index is 13.9. The van der Waals surface area contributed by atoms with Gasteiger partial charge in [0.2, 0.25) is 5.78 Å². The number of carbonyl (C=O) groups is 4. The molecule has 1 heterocycles. The summed E-state index contributed by atoms with van der Waals surface area (Å²) in [5.74, 6) is -1.14. The molecule has 7 nitrogen and oxygen atoms in total. The Morgan fingerprint density at radius 3 is 2.51 bits per heavy atom. The summed E-state index contributed by atoms with van der Waals surface area (Å²) < 4.78 is 18.0. The summed E-state index contributed by atoms with van der Waals surface area (Å²) in [6, 6.07) is 0. The monoisotopic (exact) mass is 484 g/mol. The first-order valence-electron chi connectivity index (χ1n) is 13.0. The zero-order valence-electron chi connectivity index (χ0n) is 21.3. The van der Waals surface area contributed by atoms with Crippen LogP contribution in [0.3, 0.4) is 0 Å². The molecular weight excluding hydrogens is 448 g/mol. The van der Waals surface area contributed by atoms with Crippen LogP contribution in [0.25, 0.3) is 0 Å². The van der Waals surface area contributed by atoms with E-state index < -0.39 is 35.2 Å². The summed E-state index contributed by atoms with van der Waals surface area (Å²) in [5.41, 5.74) is -1.64. The number of rotatable bonds is 6. The molecule has 0 amide bonds. The van der Waals surface area contributed by atoms with E-state index in [2.05, 4.69) is 13.8 Å². The number of allylic oxidation sites excluding steroid dienone is 2. The maximum Gasteiger partial charge on any atom is 0.306 e. The van der Waals surface area contributed by atoms with Gasteiger partial charge in [-0.05, 0) is 56.6 Å². The summed E-state index contributed by atoms with van der Waals surface area (Å²) >= 11 is 0. The van der Waals surface area contributed by atoms with Crippen LogP contribution in [0.4, 0.5) is 0 Å². The van der Waals surface area contributed by atoms with E-state index in [9.17, 15) is 19.2 Å². The lowest BCUT2D eigenvalue weighted by Gasteiger charge is -2.56. The lowest BCUT2D eigenvalue weighted by atomic mass is 9.46. The van der Waals surface area contributed by atoms with Gasteiger partial charge in [-0.2, -0.15) is 0 Å². The highest BCUT2D eigenvalue weighted by Crippen LogP contribution is 2.77. The Kier molecular flexibility index (Phi) is 5.48. The van der Waals surface area contributed by atoms with Gasteiger partial charge < -0.3 is 14.2 Å². The van der Waals surface area contributed by atoms with Crippen molar-refractivity contribution in [1.82, 2.24) is 0 Å². The predicted octanol–water partition coefficient (Wildman–Crippen LogP) is 3.89. The van der Waals surface area contributed by atoms with E-state index in [-0.39, 0.29) is 53.7 Å². The zero-order valence-corrected chi connectivity index (χ0v) is 21.3. The third kappa shape index (κ3) is 3.00. The molecule has 3 saturated carbocycles. The molecule has 0 bridgehead atoms. The van der Waals surface area contributed by atoms with Crippen molar-refractivity contribution in [2.24, 2.45) is 28.6 Å². The smallest absolute Gasteiger partial charge is 0.306 e. The second-order valence-corrected chi connectivity index (χ2v) is 11.5. The number of ether oxygens (including phenoxy) is 3. The molecule has 4 aliphatic carbocycles. The Hall–Kier alpha value is -2.28. The van der Waals surface area contributed by atoms with Crippen LogP contribution in [0.5, 0.6) is 0 Å². The van der Waals surface area contributed by atoms with E-state index >= 15 is 0 Å².